The first kappa shape index (κ1) is 13.2. The van der Waals surface area contributed by atoms with Crippen LogP contribution >= 0.6 is 0 Å². The Bertz CT molecular complexity index is 418. The number of rotatable bonds is 6. The Morgan fingerprint density at radius 2 is 2.29 bits per heavy atom. The Labute approximate surface area is 100 Å². The van der Waals surface area contributed by atoms with Crippen LogP contribution in [0.3, 0.4) is 0 Å². The summed E-state index contributed by atoms with van der Waals surface area (Å²) in [6.45, 7) is 6.15. The van der Waals surface area contributed by atoms with Crippen molar-refractivity contribution in [3.8, 4) is 5.75 Å². The molecule has 0 aliphatic carbocycles. The second-order valence-electron chi connectivity index (χ2n) is 3.70. The molecule has 0 aliphatic rings. The lowest BCUT2D eigenvalue weighted by Gasteiger charge is -2.10. The molecule has 1 atom stereocenters. The zero-order valence-corrected chi connectivity index (χ0v) is 9.97. The van der Waals surface area contributed by atoms with Crippen molar-refractivity contribution in [3.63, 3.8) is 0 Å². The molecule has 5 heteroatoms. The maximum atomic E-state index is 10.7. The first-order valence-corrected chi connectivity index (χ1v) is 5.25. The molecule has 0 heterocycles. The predicted molar refractivity (Wildman–Crippen MR) is 66.1 cm³/mol. The molecule has 0 saturated heterocycles. The van der Waals surface area contributed by atoms with Gasteiger partial charge in [0, 0.05) is 18.7 Å². The van der Waals surface area contributed by atoms with Gasteiger partial charge in [0.2, 0.25) is 0 Å². The molecular weight excluding hydrogens is 220 g/mol. The quantitative estimate of drug-likeness (QED) is 0.467. The third-order valence-electron chi connectivity index (χ3n) is 2.38. The number of nitrogens with one attached hydrogen (secondary N) is 1. The molecule has 0 spiro atoms. The van der Waals surface area contributed by atoms with Crippen molar-refractivity contribution in [3.05, 3.63) is 46.5 Å². The minimum Gasteiger partial charge on any atom is -0.496 e. The number of benzene rings is 1. The molecule has 0 bridgehead atoms. The van der Waals surface area contributed by atoms with E-state index in [9.17, 15) is 10.1 Å². The fourth-order valence-corrected chi connectivity index (χ4v) is 1.33. The van der Waals surface area contributed by atoms with E-state index in [4.69, 9.17) is 4.74 Å². The standard InChI is InChI=1S/C12H16N2O3/c1-4-9(2)13-8-10-5-11(14(15)16)7-12(6-10)17-3/h4-7,9,13H,1,8H2,2-3H3. The van der Waals surface area contributed by atoms with Crippen molar-refractivity contribution in [2.75, 3.05) is 7.11 Å². The van der Waals surface area contributed by atoms with Gasteiger partial charge in [0.05, 0.1) is 18.1 Å². The molecule has 0 fully saturated rings. The molecule has 1 rings (SSSR count). The van der Waals surface area contributed by atoms with Gasteiger partial charge in [0.25, 0.3) is 5.69 Å². The number of ether oxygens (including phenoxy) is 1. The second-order valence-corrected chi connectivity index (χ2v) is 3.70. The number of hydrogen-bond acceptors (Lipinski definition) is 4. The summed E-state index contributed by atoms with van der Waals surface area (Å²) in [6, 6.07) is 4.86. The molecule has 92 valence electrons. The summed E-state index contributed by atoms with van der Waals surface area (Å²) < 4.78 is 5.03. The SMILES string of the molecule is C=CC(C)NCc1cc(OC)cc([N+](=O)[O-])c1. The van der Waals surface area contributed by atoms with Gasteiger partial charge in [-0.3, -0.25) is 10.1 Å². The van der Waals surface area contributed by atoms with Crippen LogP contribution in [0.15, 0.2) is 30.9 Å². The Balaban J connectivity index is 2.87. The molecule has 1 N–H and O–H groups in total. The van der Waals surface area contributed by atoms with E-state index in [2.05, 4.69) is 11.9 Å². The Hall–Kier alpha value is -1.88. The molecule has 0 radical (unpaired) electrons. The van der Waals surface area contributed by atoms with Crippen LogP contribution in [0.1, 0.15) is 12.5 Å². The molecule has 1 unspecified atom stereocenters. The van der Waals surface area contributed by atoms with Gasteiger partial charge in [-0.05, 0) is 18.6 Å². The molecule has 1 aromatic rings. The predicted octanol–water partition coefficient (Wildman–Crippen LogP) is 2.27. The fourth-order valence-electron chi connectivity index (χ4n) is 1.33. The van der Waals surface area contributed by atoms with Gasteiger partial charge in [-0.1, -0.05) is 6.08 Å². The monoisotopic (exact) mass is 236 g/mol. The summed E-state index contributed by atoms with van der Waals surface area (Å²) in [6.07, 6.45) is 1.77. The summed E-state index contributed by atoms with van der Waals surface area (Å²) in [5.74, 6) is 0.488. The van der Waals surface area contributed by atoms with E-state index < -0.39 is 4.92 Å². The molecule has 1 aromatic carbocycles. The van der Waals surface area contributed by atoms with Crippen molar-refractivity contribution in [1.82, 2.24) is 5.32 Å². The highest BCUT2D eigenvalue weighted by atomic mass is 16.6. The van der Waals surface area contributed by atoms with Gasteiger partial charge in [-0.15, -0.1) is 6.58 Å². The summed E-state index contributed by atoms with van der Waals surface area (Å²) >= 11 is 0. The van der Waals surface area contributed by atoms with E-state index in [0.717, 1.165) is 5.56 Å². The number of non-ortho nitro benzene ring substituents is 1. The van der Waals surface area contributed by atoms with Crippen LogP contribution in [0, 0.1) is 10.1 Å². The third kappa shape index (κ3) is 3.88. The number of hydrogen-bond donors (Lipinski definition) is 1. The van der Waals surface area contributed by atoms with Crippen molar-refractivity contribution in [2.24, 2.45) is 0 Å². The Kier molecular flexibility index (Phi) is 4.66. The fraction of sp³-hybridized carbons (Fsp3) is 0.333. The van der Waals surface area contributed by atoms with E-state index >= 15 is 0 Å². The van der Waals surface area contributed by atoms with Gasteiger partial charge >= 0.3 is 0 Å². The van der Waals surface area contributed by atoms with Crippen molar-refractivity contribution in [1.29, 1.82) is 0 Å². The summed E-state index contributed by atoms with van der Waals surface area (Å²) in [5.41, 5.74) is 0.845. The summed E-state index contributed by atoms with van der Waals surface area (Å²) in [4.78, 5) is 10.3. The van der Waals surface area contributed by atoms with Crippen LogP contribution in [0.2, 0.25) is 0 Å². The molecule has 5 nitrogen and oxygen atoms in total. The normalized spacial score (nSPS) is 11.9. The van der Waals surface area contributed by atoms with Gasteiger partial charge in [0.1, 0.15) is 5.75 Å². The second kappa shape index (κ2) is 6.00. The lowest BCUT2D eigenvalue weighted by atomic mass is 10.1. The molecule has 0 aliphatic heterocycles. The Morgan fingerprint density at radius 3 is 2.82 bits per heavy atom. The molecular formula is C12H16N2O3. The minimum atomic E-state index is -0.428. The van der Waals surface area contributed by atoms with E-state index in [1.165, 1.54) is 19.2 Å². The van der Waals surface area contributed by atoms with E-state index in [0.29, 0.717) is 12.3 Å². The lowest BCUT2D eigenvalue weighted by Crippen LogP contribution is -2.22. The minimum absolute atomic E-state index is 0.0346. The van der Waals surface area contributed by atoms with Gasteiger partial charge in [-0.25, -0.2) is 0 Å². The maximum Gasteiger partial charge on any atom is 0.273 e. The van der Waals surface area contributed by atoms with Crippen molar-refractivity contribution in [2.45, 2.75) is 19.5 Å². The average molecular weight is 236 g/mol. The molecule has 17 heavy (non-hydrogen) atoms. The Morgan fingerprint density at radius 1 is 1.59 bits per heavy atom. The molecule has 0 saturated carbocycles. The van der Waals surface area contributed by atoms with Gasteiger partial charge < -0.3 is 10.1 Å². The zero-order chi connectivity index (χ0) is 12.8. The highest BCUT2D eigenvalue weighted by molar-refractivity contribution is 5.42. The first-order chi connectivity index (χ1) is 8.06. The maximum absolute atomic E-state index is 10.7. The van der Waals surface area contributed by atoms with Crippen LogP contribution in [-0.2, 0) is 6.54 Å². The highest BCUT2D eigenvalue weighted by Gasteiger charge is 2.10. The zero-order valence-electron chi connectivity index (χ0n) is 9.97. The summed E-state index contributed by atoms with van der Waals surface area (Å²) in [5, 5.41) is 13.9. The van der Waals surface area contributed by atoms with Crippen LogP contribution < -0.4 is 10.1 Å². The average Bonchev–Trinajstić information content (AvgIpc) is 2.35. The summed E-state index contributed by atoms with van der Waals surface area (Å²) in [7, 11) is 1.49. The number of nitro groups is 1. The third-order valence-corrected chi connectivity index (χ3v) is 2.38. The number of nitro benzene ring substituents is 1. The van der Waals surface area contributed by atoms with Gasteiger partial charge in [-0.2, -0.15) is 0 Å². The largest absolute Gasteiger partial charge is 0.496 e. The topological polar surface area (TPSA) is 64.4 Å². The van der Waals surface area contributed by atoms with Crippen LogP contribution in [0.4, 0.5) is 5.69 Å². The van der Waals surface area contributed by atoms with E-state index in [-0.39, 0.29) is 11.7 Å². The van der Waals surface area contributed by atoms with Crippen molar-refractivity contribution >= 4 is 5.69 Å². The van der Waals surface area contributed by atoms with E-state index in [1.807, 2.05) is 6.92 Å². The van der Waals surface area contributed by atoms with Gasteiger partial charge in [0.15, 0.2) is 0 Å². The lowest BCUT2D eigenvalue weighted by molar-refractivity contribution is -0.385. The van der Waals surface area contributed by atoms with Crippen LogP contribution in [0.5, 0.6) is 5.75 Å². The first-order valence-electron chi connectivity index (χ1n) is 5.25. The number of methoxy groups -OCH3 is 1. The number of nitrogens with zero attached hydrogens (tertiary/aromatic N) is 1. The highest BCUT2D eigenvalue weighted by Crippen LogP contribution is 2.22. The molecule has 0 aromatic heterocycles. The molecule has 0 amide bonds. The van der Waals surface area contributed by atoms with E-state index in [1.54, 1.807) is 12.1 Å². The van der Waals surface area contributed by atoms with Crippen LogP contribution in [0.25, 0.3) is 0 Å². The van der Waals surface area contributed by atoms with Crippen molar-refractivity contribution < 1.29 is 9.66 Å². The smallest absolute Gasteiger partial charge is 0.273 e. The van der Waals surface area contributed by atoms with Crippen LogP contribution in [-0.4, -0.2) is 18.1 Å².